The molecule has 3 nitrogen and oxygen atoms in total. The highest BCUT2D eigenvalue weighted by Gasteiger charge is 2.27. The standard InChI is InChI=1S/C13H10N2OS/c16-13-12(9-5-7-14-8-6-9)17-11-4-2-1-3-10(11)15-13/h1-8,12H,(H,15,16). The summed E-state index contributed by atoms with van der Waals surface area (Å²) in [6.45, 7) is 0. The minimum atomic E-state index is -0.187. The lowest BCUT2D eigenvalue weighted by molar-refractivity contribution is -0.115. The predicted octanol–water partition coefficient (Wildman–Crippen LogP) is 2.87. The van der Waals surface area contributed by atoms with Crippen molar-refractivity contribution in [1.29, 1.82) is 0 Å². The van der Waals surface area contributed by atoms with Crippen LogP contribution in [0.4, 0.5) is 5.69 Å². The number of rotatable bonds is 1. The van der Waals surface area contributed by atoms with Gasteiger partial charge in [-0.15, -0.1) is 11.8 Å². The van der Waals surface area contributed by atoms with Gasteiger partial charge in [0.1, 0.15) is 5.25 Å². The second-order valence-corrected chi connectivity index (χ2v) is 4.91. The van der Waals surface area contributed by atoms with E-state index in [2.05, 4.69) is 10.3 Å². The molecule has 1 unspecified atom stereocenters. The van der Waals surface area contributed by atoms with E-state index in [0.29, 0.717) is 0 Å². The fourth-order valence-electron chi connectivity index (χ4n) is 1.81. The maximum Gasteiger partial charge on any atom is 0.242 e. The van der Waals surface area contributed by atoms with Crippen LogP contribution in [0.15, 0.2) is 53.7 Å². The Bertz CT molecular complexity index is 556. The zero-order valence-corrected chi connectivity index (χ0v) is 9.78. The molecule has 0 spiro atoms. The first-order valence-corrected chi connectivity index (χ1v) is 6.19. The third kappa shape index (κ3) is 1.91. The summed E-state index contributed by atoms with van der Waals surface area (Å²) in [5.74, 6) is 0.0277. The molecule has 2 heterocycles. The number of nitrogens with zero attached hydrogens (tertiary/aromatic N) is 1. The Kier molecular flexibility index (Phi) is 2.57. The highest BCUT2D eigenvalue weighted by Crippen LogP contribution is 2.43. The normalized spacial score (nSPS) is 18.4. The van der Waals surface area contributed by atoms with Crippen LogP contribution in [0, 0.1) is 0 Å². The van der Waals surface area contributed by atoms with E-state index in [1.807, 2.05) is 36.4 Å². The van der Waals surface area contributed by atoms with Crippen LogP contribution in [0.3, 0.4) is 0 Å². The van der Waals surface area contributed by atoms with Crippen molar-refractivity contribution < 1.29 is 4.79 Å². The van der Waals surface area contributed by atoms with Gasteiger partial charge in [0.05, 0.1) is 5.69 Å². The first-order valence-electron chi connectivity index (χ1n) is 5.31. The van der Waals surface area contributed by atoms with Gasteiger partial charge in [0.25, 0.3) is 0 Å². The smallest absolute Gasteiger partial charge is 0.242 e. The quantitative estimate of drug-likeness (QED) is 0.836. The number of thioether (sulfide) groups is 1. The zero-order valence-electron chi connectivity index (χ0n) is 8.96. The van der Waals surface area contributed by atoms with Crippen molar-refractivity contribution in [3.8, 4) is 0 Å². The fraction of sp³-hybridized carbons (Fsp3) is 0.0769. The van der Waals surface area contributed by atoms with Crippen LogP contribution >= 0.6 is 11.8 Å². The average Bonchev–Trinajstić information content (AvgIpc) is 2.39. The molecule has 0 saturated heterocycles. The Balaban J connectivity index is 1.98. The van der Waals surface area contributed by atoms with E-state index >= 15 is 0 Å². The lowest BCUT2D eigenvalue weighted by Crippen LogP contribution is -2.22. The number of hydrogen-bond donors (Lipinski definition) is 1. The summed E-state index contributed by atoms with van der Waals surface area (Å²) in [5.41, 5.74) is 1.88. The molecule has 4 heteroatoms. The fourth-order valence-corrected chi connectivity index (χ4v) is 2.93. The average molecular weight is 242 g/mol. The molecule has 1 aromatic heterocycles. The van der Waals surface area contributed by atoms with Crippen LogP contribution in [0.2, 0.25) is 0 Å². The Morgan fingerprint density at radius 3 is 2.71 bits per heavy atom. The number of carbonyl (C=O) groups excluding carboxylic acids is 1. The molecule has 1 atom stereocenters. The van der Waals surface area contributed by atoms with Crippen LogP contribution in [0.25, 0.3) is 0 Å². The minimum absolute atomic E-state index is 0.0277. The molecule has 1 aromatic carbocycles. The number of hydrogen-bond acceptors (Lipinski definition) is 3. The van der Waals surface area contributed by atoms with Gasteiger partial charge >= 0.3 is 0 Å². The first kappa shape index (κ1) is 10.4. The van der Waals surface area contributed by atoms with Crippen molar-refractivity contribution in [2.75, 3.05) is 5.32 Å². The molecule has 0 aliphatic carbocycles. The van der Waals surface area contributed by atoms with Gasteiger partial charge < -0.3 is 5.32 Å². The number of pyridine rings is 1. The molecule has 0 fully saturated rings. The van der Waals surface area contributed by atoms with Gasteiger partial charge in [-0.25, -0.2) is 0 Å². The molecule has 1 aliphatic heterocycles. The second kappa shape index (κ2) is 4.22. The summed E-state index contributed by atoms with van der Waals surface area (Å²) < 4.78 is 0. The minimum Gasteiger partial charge on any atom is -0.324 e. The number of nitrogens with one attached hydrogen (secondary N) is 1. The second-order valence-electron chi connectivity index (χ2n) is 3.76. The summed E-state index contributed by atoms with van der Waals surface area (Å²) in [6.07, 6.45) is 3.42. The predicted molar refractivity (Wildman–Crippen MR) is 67.9 cm³/mol. The molecule has 1 N–H and O–H groups in total. The van der Waals surface area contributed by atoms with Gasteiger partial charge in [0, 0.05) is 17.3 Å². The number of amides is 1. The Morgan fingerprint density at radius 1 is 1.12 bits per heavy atom. The number of anilines is 1. The lowest BCUT2D eigenvalue weighted by atomic mass is 10.1. The molecule has 84 valence electrons. The Labute approximate surface area is 103 Å². The molecule has 1 aliphatic rings. The monoisotopic (exact) mass is 242 g/mol. The van der Waals surface area contributed by atoms with E-state index in [1.165, 1.54) is 0 Å². The van der Waals surface area contributed by atoms with Gasteiger partial charge in [-0.1, -0.05) is 12.1 Å². The topological polar surface area (TPSA) is 42.0 Å². The number of fused-ring (bicyclic) bond motifs is 1. The Morgan fingerprint density at radius 2 is 1.88 bits per heavy atom. The summed E-state index contributed by atoms with van der Waals surface area (Å²) in [6, 6.07) is 11.6. The SMILES string of the molecule is O=C1Nc2ccccc2SC1c1ccncc1. The summed E-state index contributed by atoms with van der Waals surface area (Å²) in [7, 11) is 0. The zero-order chi connectivity index (χ0) is 11.7. The van der Waals surface area contributed by atoms with Crippen LogP contribution in [-0.2, 0) is 4.79 Å². The first-order chi connectivity index (χ1) is 8.34. The molecular formula is C13H10N2OS. The molecule has 1 amide bonds. The molecule has 2 aromatic rings. The van der Waals surface area contributed by atoms with Gasteiger partial charge in [0.2, 0.25) is 5.91 Å². The highest BCUT2D eigenvalue weighted by molar-refractivity contribution is 8.00. The number of aromatic nitrogens is 1. The lowest BCUT2D eigenvalue weighted by Gasteiger charge is -2.23. The van der Waals surface area contributed by atoms with E-state index in [1.54, 1.807) is 24.2 Å². The number of carbonyl (C=O) groups is 1. The van der Waals surface area contributed by atoms with E-state index in [-0.39, 0.29) is 11.2 Å². The van der Waals surface area contributed by atoms with Gasteiger partial charge in [-0.2, -0.15) is 0 Å². The third-order valence-corrected chi connectivity index (χ3v) is 3.97. The molecule has 0 saturated carbocycles. The van der Waals surface area contributed by atoms with Crippen LogP contribution in [0.5, 0.6) is 0 Å². The molecular weight excluding hydrogens is 232 g/mol. The molecule has 3 rings (SSSR count). The van der Waals surface area contributed by atoms with Crippen molar-refractivity contribution in [1.82, 2.24) is 4.98 Å². The molecule has 0 bridgehead atoms. The number of para-hydroxylation sites is 1. The van der Waals surface area contributed by atoms with E-state index in [4.69, 9.17) is 0 Å². The Hall–Kier alpha value is -1.81. The number of benzene rings is 1. The van der Waals surface area contributed by atoms with Crippen molar-refractivity contribution in [3.63, 3.8) is 0 Å². The van der Waals surface area contributed by atoms with Gasteiger partial charge in [-0.3, -0.25) is 9.78 Å². The van der Waals surface area contributed by atoms with Crippen molar-refractivity contribution in [2.24, 2.45) is 0 Å². The third-order valence-electron chi connectivity index (χ3n) is 2.64. The van der Waals surface area contributed by atoms with Gasteiger partial charge in [-0.05, 0) is 29.8 Å². The van der Waals surface area contributed by atoms with E-state index in [0.717, 1.165) is 16.1 Å². The van der Waals surface area contributed by atoms with E-state index < -0.39 is 0 Å². The van der Waals surface area contributed by atoms with Crippen molar-refractivity contribution in [3.05, 3.63) is 54.4 Å². The van der Waals surface area contributed by atoms with Crippen LogP contribution in [-0.4, -0.2) is 10.9 Å². The summed E-state index contributed by atoms with van der Waals surface area (Å²) in [4.78, 5) is 17.1. The van der Waals surface area contributed by atoms with Crippen LogP contribution < -0.4 is 5.32 Å². The molecule has 17 heavy (non-hydrogen) atoms. The van der Waals surface area contributed by atoms with Crippen molar-refractivity contribution in [2.45, 2.75) is 10.1 Å². The largest absolute Gasteiger partial charge is 0.324 e. The summed E-state index contributed by atoms with van der Waals surface area (Å²) in [5, 5.41) is 2.74. The molecule has 0 radical (unpaired) electrons. The summed E-state index contributed by atoms with van der Waals surface area (Å²) >= 11 is 1.58. The maximum atomic E-state index is 12.0. The highest BCUT2D eigenvalue weighted by atomic mass is 32.2. The van der Waals surface area contributed by atoms with Crippen molar-refractivity contribution >= 4 is 23.4 Å². The van der Waals surface area contributed by atoms with Crippen LogP contribution in [0.1, 0.15) is 10.8 Å². The maximum absolute atomic E-state index is 12.0. The van der Waals surface area contributed by atoms with E-state index in [9.17, 15) is 4.79 Å². The van der Waals surface area contributed by atoms with Gasteiger partial charge in [0.15, 0.2) is 0 Å².